The van der Waals surface area contributed by atoms with Crippen LogP contribution in [0.2, 0.25) is 0 Å². The Morgan fingerprint density at radius 3 is 2.34 bits per heavy atom. The fourth-order valence-electron chi connectivity index (χ4n) is 3.05. The number of alkyl halides is 2. The predicted octanol–water partition coefficient (Wildman–Crippen LogP) is 6.47. The van der Waals surface area contributed by atoms with E-state index in [4.69, 9.17) is 18.9 Å². The molecule has 1 unspecified atom stereocenters. The van der Waals surface area contributed by atoms with Gasteiger partial charge in [0.15, 0.2) is 11.5 Å². The molecule has 0 saturated carbocycles. The lowest BCUT2D eigenvalue weighted by molar-refractivity contribution is -0.207. The molecule has 0 aliphatic carbocycles. The highest BCUT2D eigenvalue weighted by atomic mass is 19.3. The molecule has 0 fully saturated rings. The molecule has 0 aliphatic heterocycles. The van der Waals surface area contributed by atoms with Crippen molar-refractivity contribution in [2.45, 2.75) is 32.5 Å². The summed E-state index contributed by atoms with van der Waals surface area (Å²) in [5.74, 6) is -0.687. The second kappa shape index (κ2) is 11.3. The molecule has 3 aromatic carbocycles. The Kier molecular flexibility index (Phi) is 8.26. The number of nitriles is 1. The first-order valence-corrected chi connectivity index (χ1v) is 10.9. The maximum atomic E-state index is 14.0. The Balaban J connectivity index is 1.68. The minimum absolute atomic E-state index is 0.0539. The van der Waals surface area contributed by atoms with Crippen molar-refractivity contribution < 1.29 is 32.5 Å². The summed E-state index contributed by atoms with van der Waals surface area (Å²) in [5.41, 5.74) is 0.899. The van der Waals surface area contributed by atoms with Crippen LogP contribution >= 0.6 is 0 Å². The average molecular weight is 481 g/mol. The zero-order valence-corrected chi connectivity index (χ0v) is 19.5. The van der Waals surface area contributed by atoms with Gasteiger partial charge in [-0.1, -0.05) is 50.2 Å². The molecule has 0 radical (unpaired) electrons. The van der Waals surface area contributed by atoms with Crippen molar-refractivity contribution in [3.8, 4) is 29.1 Å². The number of halogens is 2. The maximum Gasteiger partial charge on any atom is 0.400 e. The van der Waals surface area contributed by atoms with Gasteiger partial charge in [0.05, 0.1) is 19.4 Å². The van der Waals surface area contributed by atoms with Gasteiger partial charge in [-0.05, 0) is 42.0 Å². The number of methoxy groups -OCH3 is 1. The van der Waals surface area contributed by atoms with Gasteiger partial charge >= 0.3 is 12.1 Å². The van der Waals surface area contributed by atoms with Crippen molar-refractivity contribution in [2.24, 2.45) is 5.92 Å². The van der Waals surface area contributed by atoms with E-state index in [2.05, 4.69) is 0 Å². The molecule has 0 saturated heterocycles. The maximum absolute atomic E-state index is 14.0. The fourth-order valence-corrected chi connectivity index (χ4v) is 3.05. The van der Waals surface area contributed by atoms with E-state index >= 15 is 0 Å². The minimum Gasteiger partial charge on any atom is -0.493 e. The summed E-state index contributed by atoms with van der Waals surface area (Å²) < 4.78 is 49.0. The summed E-state index contributed by atoms with van der Waals surface area (Å²) >= 11 is 0. The van der Waals surface area contributed by atoms with Crippen LogP contribution in [0.5, 0.6) is 23.0 Å². The third-order valence-corrected chi connectivity index (χ3v) is 5.00. The lowest BCUT2D eigenvalue weighted by Gasteiger charge is -2.22. The zero-order valence-electron chi connectivity index (χ0n) is 19.5. The van der Waals surface area contributed by atoms with Crippen molar-refractivity contribution in [1.82, 2.24) is 0 Å². The molecule has 0 bridgehead atoms. The number of carbonyl (C=O) groups is 1. The van der Waals surface area contributed by atoms with Crippen LogP contribution in [0.25, 0.3) is 0 Å². The SMILES string of the molecule is COc1cc(CC(=O)OC(C#N)c2cccc(Oc3ccccc3)c2)ccc1OC(F)(F)C(C)C. The number of benzene rings is 3. The number of hydrogen-bond donors (Lipinski definition) is 0. The zero-order chi connectivity index (χ0) is 25.4. The Morgan fingerprint density at radius 2 is 1.69 bits per heavy atom. The molecule has 0 aliphatic rings. The Morgan fingerprint density at radius 1 is 0.971 bits per heavy atom. The smallest absolute Gasteiger partial charge is 0.400 e. The largest absolute Gasteiger partial charge is 0.493 e. The van der Waals surface area contributed by atoms with Gasteiger partial charge in [0.1, 0.15) is 17.6 Å². The first kappa shape index (κ1) is 25.5. The molecular formula is C27H25F2NO5. The van der Waals surface area contributed by atoms with E-state index in [9.17, 15) is 18.8 Å². The van der Waals surface area contributed by atoms with Gasteiger partial charge < -0.3 is 18.9 Å². The van der Waals surface area contributed by atoms with E-state index < -0.39 is 24.1 Å². The molecule has 0 spiro atoms. The van der Waals surface area contributed by atoms with Crippen molar-refractivity contribution in [1.29, 1.82) is 5.26 Å². The lowest BCUT2D eigenvalue weighted by atomic mass is 10.1. The summed E-state index contributed by atoms with van der Waals surface area (Å²) in [6.45, 7) is 2.68. The van der Waals surface area contributed by atoms with Gasteiger partial charge in [0, 0.05) is 5.56 Å². The fraction of sp³-hybridized carbons (Fsp3) is 0.259. The third-order valence-electron chi connectivity index (χ3n) is 5.00. The van der Waals surface area contributed by atoms with Crippen molar-refractivity contribution in [3.05, 3.63) is 83.9 Å². The number of esters is 1. The summed E-state index contributed by atoms with van der Waals surface area (Å²) in [6.07, 6.45) is -4.74. The summed E-state index contributed by atoms with van der Waals surface area (Å²) in [7, 11) is 1.31. The molecule has 1 atom stereocenters. The minimum atomic E-state index is -3.38. The number of para-hydroxylation sites is 1. The van der Waals surface area contributed by atoms with Crippen molar-refractivity contribution >= 4 is 5.97 Å². The van der Waals surface area contributed by atoms with E-state index in [0.717, 1.165) is 0 Å². The summed E-state index contributed by atoms with van der Waals surface area (Å²) in [6, 6.07) is 22.0. The third kappa shape index (κ3) is 6.93. The molecular weight excluding hydrogens is 456 g/mol. The molecule has 3 rings (SSSR count). The Hall–Kier alpha value is -4.12. The monoisotopic (exact) mass is 481 g/mol. The van der Waals surface area contributed by atoms with Crippen LogP contribution < -0.4 is 14.2 Å². The molecule has 6 nitrogen and oxygen atoms in total. The van der Waals surface area contributed by atoms with Gasteiger partial charge in [0.2, 0.25) is 6.10 Å². The topological polar surface area (TPSA) is 77.8 Å². The van der Waals surface area contributed by atoms with E-state index in [-0.39, 0.29) is 17.9 Å². The van der Waals surface area contributed by atoms with Crippen molar-refractivity contribution in [2.75, 3.05) is 7.11 Å². The number of carbonyl (C=O) groups excluding carboxylic acids is 1. The van der Waals surface area contributed by atoms with Crippen LogP contribution in [0, 0.1) is 17.2 Å². The number of ether oxygens (including phenoxy) is 4. The van der Waals surface area contributed by atoms with Crippen molar-refractivity contribution in [3.63, 3.8) is 0 Å². The van der Waals surface area contributed by atoms with Crippen LogP contribution in [0.15, 0.2) is 72.8 Å². The highest BCUT2D eigenvalue weighted by molar-refractivity contribution is 5.73. The average Bonchev–Trinajstić information content (AvgIpc) is 2.84. The van der Waals surface area contributed by atoms with Gasteiger partial charge in [-0.2, -0.15) is 14.0 Å². The quantitative estimate of drug-likeness (QED) is 0.309. The highest BCUT2D eigenvalue weighted by Gasteiger charge is 2.37. The highest BCUT2D eigenvalue weighted by Crippen LogP contribution is 2.35. The van der Waals surface area contributed by atoms with Crippen LogP contribution in [-0.2, 0) is 16.0 Å². The predicted molar refractivity (Wildman–Crippen MR) is 125 cm³/mol. The van der Waals surface area contributed by atoms with Gasteiger partial charge in [-0.15, -0.1) is 0 Å². The Bertz CT molecular complexity index is 1190. The van der Waals surface area contributed by atoms with E-state index in [1.165, 1.54) is 39.2 Å². The number of nitrogens with zero attached hydrogens (tertiary/aromatic N) is 1. The Labute approximate surface area is 202 Å². The first-order valence-electron chi connectivity index (χ1n) is 10.9. The molecule has 0 amide bonds. The van der Waals surface area contributed by atoms with Gasteiger partial charge in [-0.3, -0.25) is 4.79 Å². The molecule has 35 heavy (non-hydrogen) atoms. The second-order valence-electron chi connectivity index (χ2n) is 7.97. The van der Waals surface area contributed by atoms with E-state index in [1.807, 2.05) is 24.3 Å². The molecule has 8 heteroatoms. The van der Waals surface area contributed by atoms with Crippen LogP contribution in [0.3, 0.4) is 0 Å². The normalized spacial score (nSPS) is 11.9. The van der Waals surface area contributed by atoms with Gasteiger partial charge in [0.25, 0.3) is 0 Å². The lowest BCUT2D eigenvalue weighted by Crippen LogP contribution is -2.31. The molecule has 0 N–H and O–H groups in total. The van der Waals surface area contributed by atoms with E-state index in [0.29, 0.717) is 22.6 Å². The summed E-state index contributed by atoms with van der Waals surface area (Å²) in [5, 5.41) is 9.57. The summed E-state index contributed by atoms with van der Waals surface area (Å²) in [4.78, 5) is 12.5. The molecule has 182 valence electrons. The molecule has 0 aromatic heterocycles. The first-order chi connectivity index (χ1) is 16.7. The standard InChI is InChI=1S/C27H25F2NO5/c1-18(2)27(28,29)35-23-13-12-19(14-24(23)32-3)15-26(31)34-25(17-30)20-8-7-11-22(16-20)33-21-9-5-4-6-10-21/h4-14,16,18,25H,15H2,1-3H3. The van der Waals surface area contributed by atoms with Crippen LogP contribution in [0.1, 0.15) is 31.1 Å². The second-order valence-corrected chi connectivity index (χ2v) is 7.97. The molecule has 0 heterocycles. The van der Waals surface area contributed by atoms with Crippen LogP contribution in [0.4, 0.5) is 8.78 Å². The molecule has 3 aromatic rings. The van der Waals surface area contributed by atoms with Crippen LogP contribution in [-0.4, -0.2) is 19.2 Å². The van der Waals surface area contributed by atoms with Gasteiger partial charge in [-0.25, -0.2) is 0 Å². The number of hydrogen-bond acceptors (Lipinski definition) is 6. The van der Waals surface area contributed by atoms with E-state index in [1.54, 1.807) is 36.4 Å². The number of rotatable bonds is 10.